The zero-order valence-electron chi connectivity index (χ0n) is 10.8. The second-order valence-electron chi connectivity index (χ2n) is 3.83. The number of carbonyl (C=O) groups is 2. The van der Waals surface area contributed by atoms with Crippen molar-refractivity contribution in [1.82, 2.24) is 0 Å². The van der Waals surface area contributed by atoms with Gasteiger partial charge < -0.3 is 9.47 Å². The van der Waals surface area contributed by atoms with Crippen molar-refractivity contribution in [1.29, 1.82) is 0 Å². The number of methoxy groups -OCH3 is 1. The third-order valence-corrected chi connectivity index (χ3v) is 2.51. The van der Waals surface area contributed by atoms with Crippen LogP contribution in [0.25, 0.3) is 0 Å². The Kier molecular flexibility index (Phi) is 5.91. The highest BCUT2D eigenvalue weighted by molar-refractivity contribution is 5.95. The van der Waals surface area contributed by atoms with Crippen LogP contribution < -0.4 is 4.74 Å². The quantitative estimate of drug-likeness (QED) is 0.549. The summed E-state index contributed by atoms with van der Waals surface area (Å²) < 4.78 is 9.92. The molecule has 4 nitrogen and oxygen atoms in total. The molecule has 0 radical (unpaired) electrons. The first-order chi connectivity index (χ1) is 8.67. The minimum absolute atomic E-state index is 0.112. The Balaban J connectivity index is 2.45. The molecule has 0 aliphatic heterocycles. The molecule has 0 amide bonds. The molecule has 98 valence electrons. The molecule has 0 aromatic heterocycles. The van der Waals surface area contributed by atoms with Gasteiger partial charge in [0.1, 0.15) is 18.0 Å². The van der Waals surface area contributed by atoms with Gasteiger partial charge in [0.15, 0.2) is 0 Å². The summed E-state index contributed by atoms with van der Waals surface area (Å²) in [6, 6.07) is 7.54. The Morgan fingerprint density at radius 2 is 1.94 bits per heavy atom. The average molecular weight is 250 g/mol. The number of benzene rings is 1. The van der Waals surface area contributed by atoms with E-state index in [9.17, 15) is 9.59 Å². The van der Waals surface area contributed by atoms with Crippen molar-refractivity contribution in [2.75, 3.05) is 13.7 Å². The molecule has 0 unspecified atom stereocenters. The Morgan fingerprint density at radius 3 is 2.61 bits per heavy atom. The molecule has 0 saturated heterocycles. The molecule has 0 N–H and O–H groups in total. The Morgan fingerprint density at radius 1 is 1.22 bits per heavy atom. The molecule has 1 rings (SSSR count). The molecule has 0 bridgehead atoms. The van der Waals surface area contributed by atoms with Crippen LogP contribution in [0, 0.1) is 0 Å². The molecule has 0 heterocycles. The summed E-state index contributed by atoms with van der Waals surface area (Å²) in [5, 5.41) is 0. The lowest BCUT2D eigenvalue weighted by atomic mass is 10.1. The molecular formula is C14H18O4. The number of ether oxygens (including phenoxy) is 2. The van der Waals surface area contributed by atoms with Crippen LogP contribution in [0.15, 0.2) is 24.3 Å². The molecule has 0 fully saturated rings. The first-order valence-corrected chi connectivity index (χ1v) is 5.96. The van der Waals surface area contributed by atoms with E-state index in [2.05, 4.69) is 0 Å². The van der Waals surface area contributed by atoms with Crippen LogP contribution in [-0.2, 0) is 20.7 Å². The molecule has 4 heteroatoms. The van der Waals surface area contributed by atoms with Gasteiger partial charge in [-0.2, -0.15) is 0 Å². The molecule has 1 aromatic rings. The number of hydrogen-bond donors (Lipinski definition) is 0. The van der Waals surface area contributed by atoms with Gasteiger partial charge in [0.25, 0.3) is 0 Å². The Bertz CT molecular complexity index is 412. The molecule has 0 atom stereocenters. The van der Waals surface area contributed by atoms with Crippen LogP contribution in [0.1, 0.15) is 25.3 Å². The smallest absolute Gasteiger partial charge is 0.313 e. The SMILES string of the molecule is CCOC(=O)CC(=O)CCc1ccccc1OC. The van der Waals surface area contributed by atoms with Crippen LogP contribution in [0.5, 0.6) is 5.75 Å². The number of rotatable bonds is 7. The van der Waals surface area contributed by atoms with Gasteiger partial charge in [-0.15, -0.1) is 0 Å². The highest BCUT2D eigenvalue weighted by Gasteiger charge is 2.11. The van der Waals surface area contributed by atoms with E-state index in [4.69, 9.17) is 9.47 Å². The van der Waals surface area contributed by atoms with Gasteiger partial charge >= 0.3 is 5.97 Å². The van der Waals surface area contributed by atoms with Crippen molar-refractivity contribution in [3.63, 3.8) is 0 Å². The zero-order chi connectivity index (χ0) is 13.4. The standard InChI is InChI=1S/C14H18O4/c1-3-18-14(16)10-12(15)9-8-11-6-4-5-7-13(11)17-2/h4-7H,3,8-10H2,1-2H3. The van der Waals surface area contributed by atoms with Crippen molar-refractivity contribution in [2.24, 2.45) is 0 Å². The molecule has 0 aliphatic carbocycles. The van der Waals surface area contributed by atoms with Crippen LogP contribution in [-0.4, -0.2) is 25.5 Å². The minimum atomic E-state index is -0.456. The van der Waals surface area contributed by atoms with E-state index in [0.29, 0.717) is 19.4 Å². The number of carbonyl (C=O) groups excluding carboxylic acids is 2. The monoisotopic (exact) mass is 250 g/mol. The second kappa shape index (κ2) is 7.48. The van der Waals surface area contributed by atoms with E-state index < -0.39 is 5.97 Å². The first-order valence-electron chi connectivity index (χ1n) is 5.96. The van der Waals surface area contributed by atoms with Crippen molar-refractivity contribution in [2.45, 2.75) is 26.2 Å². The van der Waals surface area contributed by atoms with Crippen molar-refractivity contribution in [3.8, 4) is 5.75 Å². The van der Waals surface area contributed by atoms with Crippen LogP contribution in [0.3, 0.4) is 0 Å². The number of para-hydroxylation sites is 1. The van der Waals surface area contributed by atoms with Crippen LogP contribution in [0.4, 0.5) is 0 Å². The lowest BCUT2D eigenvalue weighted by Crippen LogP contribution is -2.11. The summed E-state index contributed by atoms with van der Waals surface area (Å²) in [6.45, 7) is 2.02. The summed E-state index contributed by atoms with van der Waals surface area (Å²) in [4.78, 5) is 22.7. The van der Waals surface area contributed by atoms with Crippen molar-refractivity contribution in [3.05, 3.63) is 29.8 Å². The van der Waals surface area contributed by atoms with E-state index in [0.717, 1.165) is 11.3 Å². The van der Waals surface area contributed by atoms with Gasteiger partial charge in [0, 0.05) is 6.42 Å². The van der Waals surface area contributed by atoms with E-state index in [-0.39, 0.29) is 12.2 Å². The molecular weight excluding hydrogens is 232 g/mol. The molecule has 0 spiro atoms. The van der Waals surface area contributed by atoms with Crippen LogP contribution >= 0.6 is 0 Å². The molecule has 18 heavy (non-hydrogen) atoms. The largest absolute Gasteiger partial charge is 0.496 e. The van der Waals surface area contributed by atoms with Gasteiger partial charge in [-0.25, -0.2) is 0 Å². The summed E-state index contributed by atoms with van der Waals surface area (Å²) in [7, 11) is 1.60. The van der Waals surface area contributed by atoms with Crippen LogP contribution in [0.2, 0.25) is 0 Å². The molecule has 0 saturated carbocycles. The summed E-state index contributed by atoms with van der Waals surface area (Å²) in [5.74, 6) is 0.198. The van der Waals surface area contributed by atoms with E-state index in [1.165, 1.54) is 0 Å². The fourth-order valence-electron chi connectivity index (χ4n) is 1.64. The normalized spacial score (nSPS) is 9.89. The summed E-state index contributed by atoms with van der Waals surface area (Å²) in [5.41, 5.74) is 0.970. The van der Waals surface area contributed by atoms with Gasteiger partial charge in [-0.05, 0) is 25.0 Å². The first kappa shape index (κ1) is 14.2. The zero-order valence-corrected chi connectivity index (χ0v) is 10.8. The maximum Gasteiger partial charge on any atom is 0.313 e. The predicted molar refractivity (Wildman–Crippen MR) is 67.6 cm³/mol. The van der Waals surface area contributed by atoms with E-state index in [1.54, 1.807) is 14.0 Å². The number of ketones is 1. The Labute approximate surface area is 107 Å². The second-order valence-corrected chi connectivity index (χ2v) is 3.83. The lowest BCUT2D eigenvalue weighted by molar-refractivity contribution is -0.145. The maximum absolute atomic E-state index is 11.6. The highest BCUT2D eigenvalue weighted by atomic mass is 16.5. The predicted octanol–water partition coefficient (Wildman–Crippen LogP) is 2.15. The van der Waals surface area contributed by atoms with Gasteiger partial charge in [0.2, 0.25) is 0 Å². The topological polar surface area (TPSA) is 52.6 Å². The number of hydrogen-bond acceptors (Lipinski definition) is 4. The maximum atomic E-state index is 11.6. The highest BCUT2D eigenvalue weighted by Crippen LogP contribution is 2.19. The van der Waals surface area contributed by atoms with Gasteiger partial charge in [-0.3, -0.25) is 9.59 Å². The third kappa shape index (κ3) is 4.57. The molecule has 1 aromatic carbocycles. The summed E-state index contributed by atoms with van der Waals surface area (Å²) >= 11 is 0. The van der Waals surface area contributed by atoms with Crippen molar-refractivity contribution < 1.29 is 19.1 Å². The number of aryl methyl sites for hydroxylation is 1. The minimum Gasteiger partial charge on any atom is -0.496 e. The lowest BCUT2D eigenvalue weighted by Gasteiger charge is -2.07. The fraction of sp³-hybridized carbons (Fsp3) is 0.429. The van der Waals surface area contributed by atoms with E-state index in [1.807, 2.05) is 24.3 Å². The van der Waals surface area contributed by atoms with Gasteiger partial charge in [-0.1, -0.05) is 18.2 Å². The number of Topliss-reactive ketones (excluding diaryl/α,β-unsaturated/α-hetero) is 1. The Hall–Kier alpha value is -1.84. The molecule has 0 aliphatic rings. The third-order valence-electron chi connectivity index (χ3n) is 2.51. The van der Waals surface area contributed by atoms with Gasteiger partial charge in [0.05, 0.1) is 13.7 Å². The fourth-order valence-corrected chi connectivity index (χ4v) is 1.64. The number of esters is 1. The van der Waals surface area contributed by atoms with E-state index >= 15 is 0 Å². The summed E-state index contributed by atoms with van der Waals surface area (Å²) in [6.07, 6.45) is 0.741. The average Bonchev–Trinajstić information content (AvgIpc) is 2.37. The van der Waals surface area contributed by atoms with Crippen molar-refractivity contribution >= 4 is 11.8 Å².